The van der Waals surface area contributed by atoms with Gasteiger partial charge >= 0.3 is 12.1 Å². The quantitative estimate of drug-likeness (QED) is 0.426. The molecule has 1 saturated heterocycles. The number of nitrogens with zero attached hydrogens (tertiary/aromatic N) is 3. The highest BCUT2D eigenvalue weighted by Gasteiger charge is 2.44. The maximum absolute atomic E-state index is 13.7. The first-order valence-electron chi connectivity index (χ1n) is 10.5. The molecule has 2 atom stereocenters. The van der Waals surface area contributed by atoms with Gasteiger partial charge in [0.25, 0.3) is 0 Å². The monoisotopic (exact) mass is 501 g/mol. The van der Waals surface area contributed by atoms with Gasteiger partial charge in [-0.25, -0.2) is 9.37 Å². The number of aryl methyl sites for hydroxylation is 1. The second-order valence-corrected chi connectivity index (χ2v) is 8.78. The molecule has 34 heavy (non-hydrogen) atoms. The first-order chi connectivity index (χ1) is 15.8. The van der Waals surface area contributed by atoms with Crippen molar-refractivity contribution >= 4 is 35.0 Å². The van der Waals surface area contributed by atoms with Gasteiger partial charge in [-0.15, -0.1) is 0 Å². The SMILES string of the molecule is COC(=O)[C@H]1C[C@@H](C(=O)N(c2ccc(F)c(Cl)c2)C(C)C)N(c2cc(C(F)(F)F)cc(C)n2)C1. The third-order valence-corrected chi connectivity index (χ3v) is 5.91. The summed E-state index contributed by atoms with van der Waals surface area (Å²) in [5.41, 5.74) is -0.474. The fourth-order valence-corrected chi connectivity index (χ4v) is 4.27. The van der Waals surface area contributed by atoms with E-state index in [0.717, 1.165) is 18.2 Å². The van der Waals surface area contributed by atoms with E-state index in [1.54, 1.807) is 13.8 Å². The van der Waals surface area contributed by atoms with Crippen LogP contribution >= 0.6 is 11.6 Å². The van der Waals surface area contributed by atoms with Crippen molar-refractivity contribution < 1.29 is 31.9 Å². The summed E-state index contributed by atoms with van der Waals surface area (Å²) in [7, 11) is 1.20. The van der Waals surface area contributed by atoms with Crippen LogP contribution in [0.1, 0.15) is 31.5 Å². The molecule has 0 N–H and O–H groups in total. The smallest absolute Gasteiger partial charge is 0.416 e. The summed E-state index contributed by atoms with van der Waals surface area (Å²) in [5, 5.41) is -0.179. The van der Waals surface area contributed by atoms with Gasteiger partial charge in [0, 0.05) is 24.0 Å². The Bertz CT molecular complexity index is 1090. The van der Waals surface area contributed by atoms with Crippen molar-refractivity contribution in [3.05, 3.63) is 52.4 Å². The summed E-state index contributed by atoms with van der Waals surface area (Å²) >= 11 is 5.91. The van der Waals surface area contributed by atoms with Crippen molar-refractivity contribution in [2.24, 2.45) is 5.92 Å². The van der Waals surface area contributed by atoms with Crippen LogP contribution in [0.5, 0.6) is 0 Å². The molecule has 0 spiro atoms. The summed E-state index contributed by atoms with van der Waals surface area (Å²) in [6, 6.07) is 4.19. The van der Waals surface area contributed by atoms with E-state index in [-0.39, 0.29) is 29.5 Å². The number of rotatable bonds is 5. The van der Waals surface area contributed by atoms with E-state index in [2.05, 4.69) is 4.98 Å². The number of anilines is 2. The second-order valence-electron chi connectivity index (χ2n) is 8.38. The van der Waals surface area contributed by atoms with E-state index in [4.69, 9.17) is 16.3 Å². The van der Waals surface area contributed by atoms with Crippen molar-refractivity contribution in [2.75, 3.05) is 23.5 Å². The van der Waals surface area contributed by atoms with Gasteiger partial charge in [0.05, 0.1) is 23.6 Å². The Morgan fingerprint density at radius 1 is 1.24 bits per heavy atom. The number of hydrogen-bond donors (Lipinski definition) is 0. The number of methoxy groups -OCH3 is 1. The van der Waals surface area contributed by atoms with Gasteiger partial charge in [0.15, 0.2) is 0 Å². The lowest BCUT2D eigenvalue weighted by Gasteiger charge is -2.33. The first-order valence-corrected chi connectivity index (χ1v) is 10.9. The van der Waals surface area contributed by atoms with Gasteiger partial charge in [-0.3, -0.25) is 9.59 Å². The molecule has 11 heteroatoms. The molecule has 0 saturated carbocycles. The lowest BCUT2D eigenvalue weighted by molar-refractivity contribution is -0.144. The van der Waals surface area contributed by atoms with Crippen molar-refractivity contribution in [1.29, 1.82) is 0 Å². The molecule has 1 aromatic carbocycles. The van der Waals surface area contributed by atoms with Crippen LogP contribution in [0.4, 0.5) is 29.1 Å². The van der Waals surface area contributed by atoms with Gasteiger partial charge < -0.3 is 14.5 Å². The van der Waals surface area contributed by atoms with E-state index < -0.39 is 47.4 Å². The first kappa shape index (κ1) is 25.7. The average molecular weight is 502 g/mol. The number of amides is 1. The molecular weight excluding hydrogens is 478 g/mol. The second kappa shape index (κ2) is 9.77. The van der Waals surface area contributed by atoms with Crippen LogP contribution < -0.4 is 9.80 Å². The Balaban J connectivity index is 2.07. The molecule has 1 amide bonds. The molecule has 1 aliphatic heterocycles. The predicted octanol–water partition coefficient (Wildman–Crippen LogP) is 5.01. The maximum atomic E-state index is 13.7. The van der Waals surface area contributed by atoms with E-state index in [9.17, 15) is 27.2 Å². The molecule has 1 fully saturated rings. The van der Waals surface area contributed by atoms with Crippen molar-refractivity contribution in [1.82, 2.24) is 4.98 Å². The normalized spacial score (nSPS) is 18.4. The molecule has 0 unspecified atom stereocenters. The lowest BCUT2D eigenvalue weighted by Crippen LogP contribution is -2.49. The Morgan fingerprint density at radius 2 is 1.91 bits per heavy atom. The third kappa shape index (κ3) is 5.27. The standard InChI is InChI=1S/C23H24ClF4N3O3/c1-12(2)31(16-5-6-18(25)17(24)10-16)21(32)19-8-14(22(33)34-4)11-30(19)20-9-15(23(26,27)28)7-13(3)29-20/h5-7,9-10,12,14,19H,8,11H2,1-4H3/t14-,19-/m0/s1. The Morgan fingerprint density at radius 3 is 2.47 bits per heavy atom. The summed E-state index contributed by atoms with van der Waals surface area (Å²) in [6.45, 7) is 4.84. The van der Waals surface area contributed by atoms with Crippen LogP contribution in [0.25, 0.3) is 0 Å². The minimum Gasteiger partial charge on any atom is -0.469 e. The molecule has 1 aliphatic rings. The van der Waals surface area contributed by atoms with E-state index in [1.165, 1.54) is 36.0 Å². The zero-order chi connectivity index (χ0) is 25.4. The summed E-state index contributed by atoms with van der Waals surface area (Å²) < 4.78 is 58.8. The number of alkyl halides is 3. The molecule has 6 nitrogen and oxygen atoms in total. The maximum Gasteiger partial charge on any atom is 0.416 e. The lowest BCUT2D eigenvalue weighted by atomic mass is 10.0. The summed E-state index contributed by atoms with van der Waals surface area (Å²) in [5.74, 6) is -2.54. The number of benzene rings is 1. The van der Waals surface area contributed by atoms with Crippen LogP contribution in [0, 0.1) is 18.7 Å². The highest BCUT2D eigenvalue weighted by Crippen LogP contribution is 2.36. The van der Waals surface area contributed by atoms with Gasteiger partial charge in [-0.2, -0.15) is 13.2 Å². The summed E-state index contributed by atoms with van der Waals surface area (Å²) in [4.78, 5) is 33.0. The molecule has 3 rings (SSSR count). The van der Waals surface area contributed by atoms with Crippen LogP contribution in [-0.4, -0.2) is 42.6 Å². The zero-order valence-electron chi connectivity index (χ0n) is 19.0. The average Bonchev–Trinajstić information content (AvgIpc) is 3.20. The highest BCUT2D eigenvalue weighted by molar-refractivity contribution is 6.31. The van der Waals surface area contributed by atoms with Crippen LogP contribution in [0.15, 0.2) is 30.3 Å². The van der Waals surface area contributed by atoms with Crippen LogP contribution in [-0.2, 0) is 20.5 Å². The van der Waals surface area contributed by atoms with Crippen molar-refractivity contribution in [3.8, 4) is 0 Å². The molecule has 0 aliphatic carbocycles. The molecular formula is C23H24ClF4N3O3. The highest BCUT2D eigenvalue weighted by atomic mass is 35.5. The zero-order valence-corrected chi connectivity index (χ0v) is 19.7. The van der Waals surface area contributed by atoms with Gasteiger partial charge in [-0.1, -0.05) is 11.6 Å². The number of ether oxygens (including phenoxy) is 1. The number of esters is 1. The third-order valence-electron chi connectivity index (χ3n) is 5.62. The number of carbonyl (C=O) groups is 2. The largest absolute Gasteiger partial charge is 0.469 e. The molecule has 2 heterocycles. The topological polar surface area (TPSA) is 62.7 Å². The number of aromatic nitrogens is 1. The van der Waals surface area contributed by atoms with Crippen LogP contribution in [0.3, 0.4) is 0 Å². The van der Waals surface area contributed by atoms with Gasteiger partial charge in [0.1, 0.15) is 17.7 Å². The minimum atomic E-state index is -4.61. The Hall–Kier alpha value is -2.88. The predicted molar refractivity (Wildman–Crippen MR) is 119 cm³/mol. The van der Waals surface area contributed by atoms with Crippen molar-refractivity contribution in [2.45, 2.75) is 45.5 Å². The number of hydrogen-bond acceptors (Lipinski definition) is 5. The van der Waals surface area contributed by atoms with E-state index in [0.29, 0.717) is 5.69 Å². The van der Waals surface area contributed by atoms with Gasteiger partial charge in [0.2, 0.25) is 5.91 Å². The Kier molecular flexibility index (Phi) is 7.40. The van der Waals surface area contributed by atoms with E-state index >= 15 is 0 Å². The molecule has 1 aromatic heterocycles. The number of halogens is 5. The van der Waals surface area contributed by atoms with E-state index in [1.807, 2.05) is 0 Å². The van der Waals surface area contributed by atoms with Crippen LogP contribution in [0.2, 0.25) is 5.02 Å². The number of pyridine rings is 1. The fourth-order valence-electron chi connectivity index (χ4n) is 4.10. The van der Waals surface area contributed by atoms with Gasteiger partial charge in [-0.05, 0) is 57.5 Å². The van der Waals surface area contributed by atoms with Crippen molar-refractivity contribution in [3.63, 3.8) is 0 Å². The Labute approximate surface area is 199 Å². The molecule has 0 radical (unpaired) electrons. The molecule has 184 valence electrons. The molecule has 0 bridgehead atoms. The minimum absolute atomic E-state index is 0.0145. The number of carbonyl (C=O) groups excluding carboxylic acids is 2. The fraction of sp³-hybridized carbons (Fsp3) is 0.435. The summed E-state index contributed by atoms with van der Waals surface area (Å²) in [6.07, 6.45) is -4.60. The molecule has 2 aromatic rings.